The van der Waals surface area contributed by atoms with Gasteiger partial charge in [-0.25, -0.2) is 0 Å². The van der Waals surface area contributed by atoms with Crippen molar-refractivity contribution >= 4 is 11.6 Å². The molecule has 0 amide bonds. The van der Waals surface area contributed by atoms with Gasteiger partial charge >= 0.3 is 0 Å². The maximum absolute atomic E-state index is 5.79. The highest BCUT2D eigenvalue weighted by Crippen LogP contribution is 2.28. The number of halogens is 1. The Balaban J connectivity index is 1.75. The van der Waals surface area contributed by atoms with E-state index in [9.17, 15) is 0 Å². The minimum Gasteiger partial charge on any atom is -0.302 e. The van der Waals surface area contributed by atoms with Crippen LogP contribution in [0.3, 0.4) is 0 Å². The molecule has 0 saturated carbocycles. The molecule has 0 N–H and O–H groups in total. The predicted octanol–water partition coefficient (Wildman–Crippen LogP) is 2.81. The first kappa shape index (κ1) is 13.6. The van der Waals surface area contributed by atoms with Crippen LogP contribution in [0.5, 0.6) is 0 Å². The Morgan fingerprint density at radius 2 is 1.94 bits per heavy atom. The standard InChI is InChI=1S/C14H27ClN2/c1-12(5-8-15)6-9-17-10-7-13-3-4-14(11-17)16(13)2/h12-14H,3-11H2,1-2H3. The van der Waals surface area contributed by atoms with Crippen LogP contribution in [0, 0.1) is 5.92 Å². The van der Waals surface area contributed by atoms with Gasteiger partial charge in [-0.05, 0) is 58.2 Å². The molecule has 0 aliphatic carbocycles. The highest BCUT2D eigenvalue weighted by molar-refractivity contribution is 6.17. The lowest BCUT2D eigenvalue weighted by Gasteiger charge is -2.26. The quantitative estimate of drug-likeness (QED) is 0.700. The van der Waals surface area contributed by atoms with E-state index in [1.807, 2.05) is 0 Å². The molecule has 2 fully saturated rings. The van der Waals surface area contributed by atoms with E-state index in [0.29, 0.717) is 0 Å². The third-order valence-corrected chi connectivity index (χ3v) is 4.99. The van der Waals surface area contributed by atoms with Crippen LogP contribution in [0.25, 0.3) is 0 Å². The first-order chi connectivity index (χ1) is 8.20. The van der Waals surface area contributed by atoms with Gasteiger partial charge in [-0.15, -0.1) is 11.6 Å². The zero-order valence-electron chi connectivity index (χ0n) is 11.4. The molecule has 2 bridgehead atoms. The number of hydrogen-bond acceptors (Lipinski definition) is 2. The van der Waals surface area contributed by atoms with E-state index >= 15 is 0 Å². The normalized spacial score (nSPS) is 32.6. The van der Waals surface area contributed by atoms with Crippen LogP contribution in [0.15, 0.2) is 0 Å². The lowest BCUT2D eigenvalue weighted by Crippen LogP contribution is -2.37. The first-order valence-corrected chi connectivity index (χ1v) is 7.74. The fourth-order valence-corrected chi connectivity index (χ4v) is 3.69. The fraction of sp³-hybridized carbons (Fsp3) is 1.00. The van der Waals surface area contributed by atoms with Crippen molar-refractivity contribution in [1.29, 1.82) is 0 Å². The van der Waals surface area contributed by atoms with Crippen LogP contribution < -0.4 is 0 Å². The summed E-state index contributed by atoms with van der Waals surface area (Å²) in [7, 11) is 2.32. The Labute approximate surface area is 111 Å². The summed E-state index contributed by atoms with van der Waals surface area (Å²) in [6, 6.07) is 1.69. The molecule has 0 aromatic heterocycles. The van der Waals surface area contributed by atoms with Crippen molar-refractivity contribution in [2.45, 2.75) is 51.1 Å². The van der Waals surface area contributed by atoms with Gasteiger partial charge in [-0.1, -0.05) is 6.92 Å². The van der Waals surface area contributed by atoms with Gasteiger partial charge in [0.1, 0.15) is 0 Å². The van der Waals surface area contributed by atoms with Crippen LogP contribution >= 0.6 is 11.6 Å². The van der Waals surface area contributed by atoms with E-state index in [1.54, 1.807) is 0 Å². The fourth-order valence-electron chi connectivity index (χ4n) is 3.32. The van der Waals surface area contributed by atoms with Gasteiger partial charge in [0.25, 0.3) is 0 Å². The van der Waals surface area contributed by atoms with Crippen molar-refractivity contribution in [2.75, 3.05) is 32.6 Å². The second-order valence-electron chi connectivity index (χ2n) is 6.01. The summed E-state index contributed by atoms with van der Waals surface area (Å²) in [5.74, 6) is 1.60. The number of hydrogen-bond donors (Lipinski definition) is 0. The zero-order chi connectivity index (χ0) is 12.3. The monoisotopic (exact) mass is 258 g/mol. The van der Waals surface area contributed by atoms with E-state index in [2.05, 4.69) is 23.8 Å². The first-order valence-electron chi connectivity index (χ1n) is 7.21. The van der Waals surface area contributed by atoms with E-state index in [0.717, 1.165) is 23.9 Å². The van der Waals surface area contributed by atoms with E-state index < -0.39 is 0 Å². The van der Waals surface area contributed by atoms with Gasteiger partial charge in [0.05, 0.1) is 0 Å². The van der Waals surface area contributed by atoms with Gasteiger partial charge in [0.2, 0.25) is 0 Å². The van der Waals surface area contributed by atoms with Crippen LogP contribution in [0.1, 0.15) is 39.0 Å². The zero-order valence-corrected chi connectivity index (χ0v) is 12.1. The van der Waals surface area contributed by atoms with Gasteiger partial charge < -0.3 is 4.90 Å². The summed E-state index contributed by atoms with van der Waals surface area (Å²) in [6.07, 6.45) is 6.69. The van der Waals surface area contributed by atoms with Gasteiger partial charge in [0, 0.05) is 24.5 Å². The third kappa shape index (κ3) is 3.59. The van der Waals surface area contributed by atoms with Gasteiger partial charge in [-0.3, -0.25) is 4.90 Å². The van der Waals surface area contributed by atoms with Crippen molar-refractivity contribution in [3.63, 3.8) is 0 Å². The van der Waals surface area contributed by atoms with Crippen molar-refractivity contribution in [1.82, 2.24) is 9.80 Å². The molecule has 3 atom stereocenters. The Hall–Kier alpha value is 0.210. The molecular weight excluding hydrogens is 232 g/mol. The molecule has 2 nitrogen and oxygen atoms in total. The lowest BCUT2D eigenvalue weighted by atomic mass is 10.0. The van der Waals surface area contributed by atoms with Crippen molar-refractivity contribution in [3.8, 4) is 0 Å². The summed E-state index contributed by atoms with van der Waals surface area (Å²) in [5, 5.41) is 0. The highest BCUT2D eigenvalue weighted by atomic mass is 35.5. The van der Waals surface area contributed by atoms with Gasteiger partial charge in [0.15, 0.2) is 0 Å². The predicted molar refractivity (Wildman–Crippen MR) is 74.7 cm³/mol. The highest BCUT2D eigenvalue weighted by Gasteiger charge is 2.34. The largest absolute Gasteiger partial charge is 0.302 e. The van der Waals surface area contributed by atoms with E-state index in [1.165, 1.54) is 51.7 Å². The maximum Gasteiger partial charge on any atom is 0.0225 e. The number of nitrogens with zero attached hydrogens (tertiary/aromatic N) is 2. The molecule has 2 aliphatic heterocycles. The summed E-state index contributed by atoms with van der Waals surface area (Å²) >= 11 is 5.79. The number of alkyl halides is 1. The summed E-state index contributed by atoms with van der Waals surface area (Å²) in [6.45, 7) is 6.20. The smallest absolute Gasteiger partial charge is 0.0225 e. The number of rotatable bonds is 5. The molecule has 2 heterocycles. The van der Waals surface area contributed by atoms with Crippen LogP contribution in [-0.2, 0) is 0 Å². The minimum atomic E-state index is 0.783. The maximum atomic E-state index is 5.79. The molecule has 0 radical (unpaired) electrons. The van der Waals surface area contributed by atoms with Crippen molar-refractivity contribution < 1.29 is 0 Å². The Morgan fingerprint density at radius 3 is 2.71 bits per heavy atom. The molecule has 0 spiro atoms. The van der Waals surface area contributed by atoms with E-state index in [4.69, 9.17) is 11.6 Å². The average Bonchev–Trinajstić information content (AvgIpc) is 2.53. The molecule has 0 aromatic carbocycles. The van der Waals surface area contributed by atoms with Crippen molar-refractivity contribution in [3.05, 3.63) is 0 Å². The van der Waals surface area contributed by atoms with Gasteiger partial charge in [-0.2, -0.15) is 0 Å². The molecule has 100 valence electrons. The van der Waals surface area contributed by atoms with Crippen LogP contribution in [0.2, 0.25) is 0 Å². The Kier molecular flexibility index (Phi) is 5.13. The van der Waals surface area contributed by atoms with Crippen molar-refractivity contribution in [2.24, 2.45) is 5.92 Å². The summed E-state index contributed by atoms with van der Waals surface area (Å²) in [4.78, 5) is 5.31. The lowest BCUT2D eigenvalue weighted by molar-refractivity contribution is 0.211. The average molecular weight is 259 g/mol. The third-order valence-electron chi connectivity index (χ3n) is 4.77. The SMILES string of the molecule is CC(CCCl)CCN1CCC2CCC(C1)N2C. The molecule has 17 heavy (non-hydrogen) atoms. The molecule has 2 saturated heterocycles. The summed E-state index contributed by atoms with van der Waals surface area (Å²) < 4.78 is 0. The number of likely N-dealkylation sites (tertiary alicyclic amines) is 1. The molecule has 3 heteroatoms. The van der Waals surface area contributed by atoms with E-state index in [-0.39, 0.29) is 0 Å². The Bertz CT molecular complexity index is 234. The topological polar surface area (TPSA) is 6.48 Å². The Morgan fingerprint density at radius 1 is 1.18 bits per heavy atom. The molecule has 2 rings (SSSR count). The molecular formula is C14H27ClN2. The summed E-state index contributed by atoms with van der Waals surface area (Å²) in [5.41, 5.74) is 0. The molecule has 0 aromatic rings. The minimum absolute atomic E-state index is 0.783. The van der Waals surface area contributed by atoms with Crippen LogP contribution in [-0.4, -0.2) is 54.4 Å². The van der Waals surface area contributed by atoms with Crippen LogP contribution in [0.4, 0.5) is 0 Å². The molecule has 2 aliphatic rings. The molecule has 3 unspecified atom stereocenters. The second kappa shape index (κ2) is 6.40. The number of fused-ring (bicyclic) bond motifs is 2. The number of likely N-dealkylation sites (N-methyl/N-ethyl adjacent to an activating group) is 1. The second-order valence-corrected chi connectivity index (χ2v) is 6.39.